The molecular weight excluding hydrogens is 199 g/mol. The molecule has 2 rings (SSSR count). The van der Waals surface area contributed by atoms with E-state index in [9.17, 15) is 9.70 Å². The Bertz CT molecular complexity index is 257. The summed E-state index contributed by atoms with van der Waals surface area (Å²) in [5, 5.41) is 5.50. The van der Waals surface area contributed by atoms with Gasteiger partial charge in [0, 0.05) is 6.04 Å². The van der Waals surface area contributed by atoms with E-state index in [2.05, 4.69) is 10.5 Å². The van der Waals surface area contributed by atoms with Gasteiger partial charge in [0.1, 0.15) is 0 Å². The van der Waals surface area contributed by atoms with Gasteiger partial charge in [-0.05, 0) is 18.0 Å². The second-order valence-corrected chi connectivity index (χ2v) is 3.77. The molecule has 0 aromatic rings. The van der Waals surface area contributed by atoms with E-state index in [-0.39, 0.29) is 11.9 Å². The molecule has 81 valence electrons. The third-order valence-corrected chi connectivity index (χ3v) is 2.72. The summed E-state index contributed by atoms with van der Waals surface area (Å²) in [6, 6.07) is 0.203. The van der Waals surface area contributed by atoms with E-state index in [0.717, 1.165) is 33.4 Å². The minimum absolute atomic E-state index is 0.203. The average Bonchev–Trinajstić information content (AvgIpc) is 2.86. The molecule has 0 aromatic carbocycles. The molecule has 1 aliphatic carbocycles. The number of carbonyl (C=O) groups excluding carboxylic acids is 1. The summed E-state index contributed by atoms with van der Waals surface area (Å²) in [5.74, 6) is -0.319. The van der Waals surface area contributed by atoms with E-state index in [1.54, 1.807) is 0 Å². The fraction of sp³-hybridized carbons (Fsp3) is 0.875. The molecule has 1 heterocycles. The summed E-state index contributed by atoms with van der Waals surface area (Å²) in [7, 11) is 0.991. The highest BCUT2D eigenvalue weighted by atomic mass is 16.7. The first-order chi connectivity index (χ1) is 7.31. The third-order valence-electron chi connectivity index (χ3n) is 2.72. The Hall–Kier alpha value is -0.945. The molecule has 1 saturated heterocycles. The highest BCUT2D eigenvalue weighted by Crippen LogP contribution is 2.19. The number of hydrogen-bond donors (Lipinski definition) is 1. The minimum Gasteiger partial charge on any atom is -0.398 e. The number of carbonyl (C=O) groups is 1. The predicted octanol–water partition coefficient (Wildman–Crippen LogP) is 0.0873. The van der Waals surface area contributed by atoms with Crippen LogP contribution < -0.4 is 5.32 Å². The van der Waals surface area contributed by atoms with E-state index < -0.39 is 12.3 Å². The van der Waals surface area contributed by atoms with E-state index in [4.69, 9.17) is 9.31 Å². The maximum atomic E-state index is 11.6. The number of nitrogens with zero attached hydrogens (tertiary/aromatic N) is 1. The van der Waals surface area contributed by atoms with Gasteiger partial charge in [-0.1, -0.05) is 12.8 Å². The van der Waals surface area contributed by atoms with Crippen LogP contribution in [0.5, 0.6) is 0 Å². The molecule has 0 aromatic heterocycles. The van der Waals surface area contributed by atoms with Crippen molar-refractivity contribution in [3.63, 3.8) is 0 Å². The zero-order chi connectivity index (χ0) is 10.7. The molecule has 1 N–H and O–H groups in total. The summed E-state index contributed by atoms with van der Waals surface area (Å²) in [4.78, 5) is 21.9. The van der Waals surface area contributed by atoms with Gasteiger partial charge >= 0.3 is 7.69 Å². The Balaban J connectivity index is 1.86. The van der Waals surface area contributed by atoms with E-state index >= 15 is 0 Å². The fourth-order valence-corrected chi connectivity index (χ4v) is 1.91. The predicted molar refractivity (Wildman–Crippen MR) is 51.7 cm³/mol. The van der Waals surface area contributed by atoms with Gasteiger partial charge < -0.3 is 14.6 Å². The molecule has 2 atom stereocenters. The average molecular weight is 211 g/mol. The third kappa shape index (κ3) is 2.35. The van der Waals surface area contributed by atoms with Gasteiger partial charge in [0.25, 0.3) is 5.91 Å². The van der Waals surface area contributed by atoms with Crippen LogP contribution >= 0.6 is 0 Å². The lowest BCUT2D eigenvalue weighted by molar-refractivity contribution is -0.129. The van der Waals surface area contributed by atoms with Gasteiger partial charge in [-0.15, -0.1) is 4.91 Å². The second-order valence-electron chi connectivity index (χ2n) is 3.77. The Kier molecular flexibility index (Phi) is 3.32. The summed E-state index contributed by atoms with van der Waals surface area (Å²) in [5.41, 5.74) is 0. The van der Waals surface area contributed by atoms with Crippen molar-refractivity contribution in [1.82, 2.24) is 5.32 Å². The molecular formula is C8H12BN2O4. The van der Waals surface area contributed by atoms with Crippen LogP contribution in [0.3, 0.4) is 0 Å². The minimum atomic E-state index is -1.05. The lowest BCUT2D eigenvalue weighted by atomic mass is 10.2. The van der Waals surface area contributed by atoms with Crippen molar-refractivity contribution in [2.24, 2.45) is 5.18 Å². The quantitative estimate of drug-likeness (QED) is 0.529. The topological polar surface area (TPSA) is 77.0 Å². The standard InChI is InChI=1S/C8H12BN2O4/c12-7(10-5-3-1-2-4-5)6-8(11-13)15-9-14-6/h5-6,8H,1-4H2,(H,10,12). The smallest absolute Gasteiger partial charge is 0.398 e. The van der Waals surface area contributed by atoms with Gasteiger partial charge in [0.05, 0.1) is 0 Å². The van der Waals surface area contributed by atoms with Crippen LogP contribution in [0.2, 0.25) is 0 Å². The van der Waals surface area contributed by atoms with Crippen molar-refractivity contribution in [1.29, 1.82) is 0 Å². The number of rotatable bonds is 3. The van der Waals surface area contributed by atoms with Crippen molar-refractivity contribution in [3.8, 4) is 0 Å². The van der Waals surface area contributed by atoms with E-state index in [1.807, 2.05) is 0 Å². The molecule has 7 heteroatoms. The first kappa shape index (κ1) is 10.6. The van der Waals surface area contributed by atoms with Crippen LogP contribution in [0.4, 0.5) is 0 Å². The van der Waals surface area contributed by atoms with Gasteiger partial charge in [0.15, 0.2) is 6.10 Å². The summed E-state index contributed by atoms with van der Waals surface area (Å²) < 4.78 is 9.59. The lowest BCUT2D eigenvalue weighted by Gasteiger charge is -2.16. The van der Waals surface area contributed by atoms with Crippen molar-refractivity contribution >= 4 is 13.6 Å². The van der Waals surface area contributed by atoms with Crippen LogP contribution in [0.1, 0.15) is 25.7 Å². The molecule has 2 fully saturated rings. The van der Waals surface area contributed by atoms with Crippen LogP contribution in [0, 0.1) is 4.91 Å². The summed E-state index contributed by atoms with van der Waals surface area (Å²) in [6.07, 6.45) is 2.27. The molecule has 2 aliphatic rings. The van der Waals surface area contributed by atoms with Crippen molar-refractivity contribution in [3.05, 3.63) is 4.91 Å². The van der Waals surface area contributed by atoms with E-state index in [0.29, 0.717) is 0 Å². The number of amides is 1. The molecule has 6 nitrogen and oxygen atoms in total. The molecule has 1 aliphatic heterocycles. The molecule has 1 saturated carbocycles. The zero-order valence-corrected chi connectivity index (χ0v) is 8.22. The first-order valence-corrected chi connectivity index (χ1v) is 5.06. The molecule has 1 amide bonds. The maximum Gasteiger partial charge on any atom is 0.490 e. The van der Waals surface area contributed by atoms with Gasteiger partial charge in [-0.2, -0.15) is 0 Å². The summed E-state index contributed by atoms with van der Waals surface area (Å²) >= 11 is 0. The number of nitrogens with one attached hydrogen (secondary N) is 1. The highest BCUT2D eigenvalue weighted by molar-refractivity contribution is 6.20. The van der Waals surface area contributed by atoms with Crippen LogP contribution in [-0.4, -0.2) is 32.0 Å². The normalized spacial score (nSPS) is 31.2. The Morgan fingerprint density at radius 3 is 2.73 bits per heavy atom. The Morgan fingerprint density at radius 2 is 2.07 bits per heavy atom. The number of nitroso groups, excluding NO2 is 1. The largest absolute Gasteiger partial charge is 0.490 e. The number of hydrogen-bond acceptors (Lipinski definition) is 5. The fourth-order valence-electron chi connectivity index (χ4n) is 1.91. The first-order valence-electron chi connectivity index (χ1n) is 5.06. The summed E-state index contributed by atoms with van der Waals surface area (Å²) in [6.45, 7) is 0. The van der Waals surface area contributed by atoms with E-state index in [1.165, 1.54) is 0 Å². The Labute approximate surface area is 88.0 Å². The molecule has 2 unspecified atom stereocenters. The molecule has 1 radical (unpaired) electrons. The molecule has 0 bridgehead atoms. The molecule has 0 spiro atoms. The van der Waals surface area contributed by atoms with Crippen LogP contribution in [0.15, 0.2) is 5.18 Å². The highest BCUT2D eigenvalue weighted by Gasteiger charge is 2.38. The van der Waals surface area contributed by atoms with Gasteiger partial charge in [0.2, 0.25) is 6.23 Å². The SMILES string of the molecule is O=NC1O[B]OC1C(=O)NC1CCCC1. The van der Waals surface area contributed by atoms with Crippen LogP contribution in [-0.2, 0) is 14.1 Å². The van der Waals surface area contributed by atoms with Crippen molar-refractivity contribution in [2.45, 2.75) is 44.1 Å². The Morgan fingerprint density at radius 1 is 1.33 bits per heavy atom. The molecule has 15 heavy (non-hydrogen) atoms. The van der Waals surface area contributed by atoms with Crippen LogP contribution in [0.25, 0.3) is 0 Å². The monoisotopic (exact) mass is 211 g/mol. The zero-order valence-electron chi connectivity index (χ0n) is 8.22. The lowest BCUT2D eigenvalue weighted by Crippen LogP contribution is -2.43. The van der Waals surface area contributed by atoms with Crippen molar-refractivity contribution in [2.75, 3.05) is 0 Å². The maximum absolute atomic E-state index is 11.6. The van der Waals surface area contributed by atoms with Crippen molar-refractivity contribution < 1.29 is 14.1 Å². The van der Waals surface area contributed by atoms with Gasteiger partial charge in [-0.3, -0.25) is 4.79 Å². The van der Waals surface area contributed by atoms with Gasteiger partial charge in [-0.25, -0.2) is 0 Å². The second kappa shape index (κ2) is 4.72.